The molecule has 3 N–H and O–H groups in total. The molecule has 1 rings (SSSR count). The molecule has 0 saturated heterocycles. The summed E-state index contributed by atoms with van der Waals surface area (Å²) in [4.78, 5) is 14.9. The van der Waals surface area contributed by atoms with Crippen molar-refractivity contribution in [1.82, 2.24) is 10.6 Å². The molecule has 0 aromatic heterocycles. The zero-order valence-electron chi connectivity index (χ0n) is 6.13. The van der Waals surface area contributed by atoms with Crippen LogP contribution in [0, 0.1) is 0 Å². The van der Waals surface area contributed by atoms with Gasteiger partial charge >= 0.3 is 0 Å². The van der Waals surface area contributed by atoms with E-state index in [0.717, 1.165) is 6.54 Å². The molecule has 0 unspecified atom stereocenters. The summed E-state index contributed by atoms with van der Waals surface area (Å²) in [5.74, 6) is 0.134. The third-order valence-corrected chi connectivity index (χ3v) is 1.29. The summed E-state index contributed by atoms with van der Waals surface area (Å²) in [7, 11) is 0. The Labute approximate surface area is 64.5 Å². The first-order valence-electron chi connectivity index (χ1n) is 3.52. The molecule has 1 aliphatic heterocycles. The summed E-state index contributed by atoms with van der Waals surface area (Å²) in [6.07, 6.45) is 0. The number of rotatable bonds is 3. The number of nitrogens with one attached hydrogen (secondary N) is 2. The van der Waals surface area contributed by atoms with Gasteiger partial charge < -0.3 is 15.7 Å². The maximum Gasteiger partial charge on any atom is 0.286 e. The molecule has 1 aliphatic rings. The van der Waals surface area contributed by atoms with Gasteiger partial charge in [-0.15, -0.1) is 0 Å². The Kier molecular flexibility index (Phi) is 2.85. The van der Waals surface area contributed by atoms with Crippen molar-refractivity contribution in [3.05, 3.63) is 0 Å². The van der Waals surface area contributed by atoms with Crippen molar-refractivity contribution in [3.8, 4) is 0 Å². The highest BCUT2D eigenvalue weighted by Crippen LogP contribution is 1.83. The molecule has 0 spiro atoms. The second kappa shape index (κ2) is 3.92. The number of aliphatic hydroxyl groups is 1. The van der Waals surface area contributed by atoms with Crippen molar-refractivity contribution < 1.29 is 9.90 Å². The second-order valence-corrected chi connectivity index (χ2v) is 2.14. The van der Waals surface area contributed by atoms with Crippen molar-refractivity contribution in [2.45, 2.75) is 0 Å². The first kappa shape index (κ1) is 8.00. The van der Waals surface area contributed by atoms with Crippen LogP contribution in [0.1, 0.15) is 0 Å². The summed E-state index contributed by atoms with van der Waals surface area (Å²) in [5, 5.41) is 13.7. The molecule has 0 fully saturated rings. The first-order valence-corrected chi connectivity index (χ1v) is 3.52. The van der Waals surface area contributed by atoms with E-state index in [2.05, 4.69) is 15.6 Å². The van der Waals surface area contributed by atoms with Gasteiger partial charge in [-0.2, -0.15) is 0 Å². The van der Waals surface area contributed by atoms with E-state index in [0.29, 0.717) is 12.4 Å². The van der Waals surface area contributed by atoms with Gasteiger partial charge in [0, 0.05) is 13.1 Å². The molecular weight excluding hydrogens is 146 g/mol. The third kappa shape index (κ3) is 2.19. The van der Waals surface area contributed by atoms with Crippen molar-refractivity contribution >= 4 is 11.7 Å². The fourth-order valence-corrected chi connectivity index (χ4v) is 0.803. The number of aliphatic hydroxyl groups excluding tert-OH is 1. The molecule has 5 nitrogen and oxygen atoms in total. The highest BCUT2D eigenvalue weighted by molar-refractivity contribution is 6.38. The smallest absolute Gasteiger partial charge is 0.286 e. The number of amides is 1. The molecular formula is C6H11N3O2. The molecule has 62 valence electrons. The Morgan fingerprint density at radius 3 is 3.18 bits per heavy atom. The lowest BCUT2D eigenvalue weighted by atomic mass is 10.5. The van der Waals surface area contributed by atoms with Gasteiger partial charge in [0.15, 0.2) is 5.84 Å². The van der Waals surface area contributed by atoms with Crippen LogP contribution in [0.4, 0.5) is 0 Å². The number of hydrogen-bond donors (Lipinski definition) is 3. The molecule has 0 aromatic carbocycles. The maximum absolute atomic E-state index is 11.0. The first-order chi connectivity index (χ1) is 5.34. The standard InChI is InChI=1S/C6H11N3O2/c10-4-3-9-6(11)5-7-1-2-8-5/h10H,1-4H2,(H,7,8)(H,9,11). The van der Waals surface area contributed by atoms with Crippen LogP contribution < -0.4 is 10.6 Å². The average molecular weight is 157 g/mol. The van der Waals surface area contributed by atoms with Crippen LogP contribution in [0.3, 0.4) is 0 Å². The van der Waals surface area contributed by atoms with Crippen molar-refractivity contribution in [2.24, 2.45) is 4.99 Å². The van der Waals surface area contributed by atoms with Crippen LogP contribution in [0.25, 0.3) is 0 Å². The van der Waals surface area contributed by atoms with Gasteiger partial charge in [0.2, 0.25) is 0 Å². The lowest BCUT2D eigenvalue weighted by Gasteiger charge is -2.01. The number of nitrogens with zero attached hydrogens (tertiary/aromatic N) is 1. The Bertz CT molecular complexity index is 179. The van der Waals surface area contributed by atoms with Crippen LogP contribution in [0.2, 0.25) is 0 Å². The maximum atomic E-state index is 11.0. The molecule has 0 bridgehead atoms. The third-order valence-electron chi connectivity index (χ3n) is 1.29. The van der Waals surface area contributed by atoms with Crippen LogP contribution in [0.15, 0.2) is 4.99 Å². The fourth-order valence-electron chi connectivity index (χ4n) is 0.803. The van der Waals surface area contributed by atoms with Gasteiger partial charge in [-0.1, -0.05) is 0 Å². The number of aliphatic imine (C=N–C) groups is 1. The van der Waals surface area contributed by atoms with Crippen LogP contribution in [0.5, 0.6) is 0 Å². The molecule has 0 saturated carbocycles. The Balaban J connectivity index is 2.29. The van der Waals surface area contributed by atoms with Crippen molar-refractivity contribution in [3.63, 3.8) is 0 Å². The van der Waals surface area contributed by atoms with E-state index >= 15 is 0 Å². The van der Waals surface area contributed by atoms with E-state index in [9.17, 15) is 4.79 Å². The number of hydrogen-bond acceptors (Lipinski definition) is 4. The van der Waals surface area contributed by atoms with E-state index in [-0.39, 0.29) is 19.1 Å². The molecule has 0 aliphatic carbocycles. The Morgan fingerprint density at radius 2 is 2.64 bits per heavy atom. The van der Waals surface area contributed by atoms with E-state index in [4.69, 9.17) is 5.11 Å². The average Bonchev–Trinajstić information content (AvgIpc) is 2.52. The van der Waals surface area contributed by atoms with Crippen LogP contribution in [-0.2, 0) is 4.79 Å². The second-order valence-electron chi connectivity index (χ2n) is 2.14. The molecule has 0 atom stereocenters. The van der Waals surface area contributed by atoms with Crippen LogP contribution in [-0.4, -0.2) is 43.1 Å². The quantitative estimate of drug-likeness (QED) is 0.448. The minimum absolute atomic E-state index is 0.0426. The summed E-state index contributed by atoms with van der Waals surface area (Å²) in [6, 6.07) is 0. The number of amidine groups is 1. The predicted octanol–water partition coefficient (Wildman–Crippen LogP) is -1.90. The van der Waals surface area contributed by atoms with E-state index in [1.54, 1.807) is 0 Å². The minimum atomic E-state index is -0.239. The summed E-state index contributed by atoms with van der Waals surface area (Å²) >= 11 is 0. The predicted molar refractivity (Wildman–Crippen MR) is 40.4 cm³/mol. The van der Waals surface area contributed by atoms with Crippen LogP contribution >= 0.6 is 0 Å². The molecule has 11 heavy (non-hydrogen) atoms. The highest BCUT2D eigenvalue weighted by atomic mass is 16.3. The number of carbonyl (C=O) groups excluding carboxylic acids is 1. The van der Waals surface area contributed by atoms with E-state index in [1.807, 2.05) is 0 Å². The van der Waals surface area contributed by atoms with Gasteiger partial charge in [0.1, 0.15) is 0 Å². The molecule has 1 amide bonds. The zero-order chi connectivity index (χ0) is 8.10. The largest absolute Gasteiger partial charge is 0.395 e. The fraction of sp³-hybridized carbons (Fsp3) is 0.667. The Morgan fingerprint density at radius 1 is 1.82 bits per heavy atom. The normalized spacial score (nSPS) is 15.5. The summed E-state index contributed by atoms with van der Waals surface area (Å²) in [6.45, 7) is 1.61. The number of carbonyl (C=O) groups is 1. The van der Waals surface area contributed by atoms with Crippen molar-refractivity contribution in [2.75, 3.05) is 26.2 Å². The van der Waals surface area contributed by atoms with Crippen molar-refractivity contribution in [1.29, 1.82) is 0 Å². The molecule has 0 radical (unpaired) electrons. The zero-order valence-corrected chi connectivity index (χ0v) is 6.13. The van der Waals surface area contributed by atoms with Gasteiger partial charge in [-0.05, 0) is 0 Å². The molecule has 0 aromatic rings. The minimum Gasteiger partial charge on any atom is -0.395 e. The SMILES string of the molecule is O=C(NCCO)C1=NCCN1. The highest BCUT2D eigenvalue weighted by Gasteiger charge is 2.12. The molecule has 1 heterocycles. The lowest BCUT2D eigenvalue weighted by Crippen LogP contribution is -2.38. The topological polar surface area (TPSA) is 73.7 Å². The Hall–Kier alpha value is -1.10. The summed E-state index contributed by atoms with van der Waals surface area (Å²) < 4.78 is 0. The van der Waals surface area contributed by atoms with Gasteiger partial charge in [-0.3, -0.25) is 9.79 Å². The van der Waals surface area contributed by atoms with Gasteiger partial charge in [0.05, 0.1) is 13.2 Å². The van der Waals surface area contributed by atoms with Gasteiger partial charge in [-0.25, -0.2) is 0 Å². The molecule has 5 heteroatoms. The monoisotopic (exact) mass is 157 g/mol. The van der Waals surface area contributed by atoms with Gasteiger partial charge in [0.25, 0.3) is 5.91 Å². The van der Waals surface area contributed by atoms with E-state index < -0.39 is 0 Å². The summed E-state index contributed by atoms with van der Waals surface area (Å²) in [5.41, 5.74) is 0. The van der Waals surface area contributed by atoms with E-state index in [1.165, 1.54) is 0 Å². The lowest BCUT2D eigenvalue weighted by molar-refractivity contribution is -0.115.